The first-order chi connectivity index (χ1) is 14.1. The van der Waals surface area contributed by atoms with Gasteiger partial charge in [0.15, 0.2) is 6.61 Å². The van der Waals surface area contributed by atoms with Gasteiger partial charge in [-0.25, -0.2) is 0 Å². The summed E-state index contributed by atoms with van der Waals surface area (Å²) in [5, 5.41) is 3.49. The normalized spacial score (nSPS) is 12.2. The van der Waals surface area contributed by atoms with Gasteiger partial charge in [-0.15, -0.1) is 0 Å². The van der Waals surface area contributed by atoms with Crippen molar-refractivity contribution in [2.24, 2.45) is 0 Å². The van der Waals surface area contributed by atoms with Gasteiger partial charge in [-0.3, -0.25) is 9.59 Å². The summed E-state index contributed by atoms with van der Waals surface area (Å²) in [6, 6.07) is 14.3. The van der Waals surface area contributed by atoms with E-state index in [1.165, 1.54) is 10.5 Å². The lowest BCUT2D eigenvalue weighted by Crippen LogP contribution is -2.53. The zero-order chi connectivity index (χ0) is 22.3. The van der Waals surface area contributed by atoms with Crippen molar-refractivity contribution in [3.05, 3.63) is 64.7 Å². The summed E-state index contributed by atoms with van der Waals surface area (Å²) in [7, 11) is 0. The minimum Gasteiger partial charge on any atom is -0.484 e. The molecule has 1 atom stereocenters. The zero-order valence-electron chi connectivity index (χ0n) is 18.4. The zero-order valence-corrected chi connectivity index (χ0v) is 19.1. The van der Waals surface area contributed by atoms with E-state index in [4.69, 9.17) is 16.3 Å². The molecule has 5 nitrogen and oxygen atoms in total. The van der Waals surface area contributed by atoms with Crippen LogP contribution in [0.5, 0.6) is 5.75 Å². The van der Waals surface area contributed by atoms with E-state index < -0.39 is 11.6 Å². The molecule has 2 rings (SSSR count). The molecule has 2 amide bonds. The summed E-state index contributed by atoms with van der Waals surface area (Å²) in [6.45, 7) is 9.56. The van der Waals surface area contributed by atoms with Crippen molar-refractivity contribution in [1.29, 1.82) is 0 Å². The molecule has 2 aromatic rings. The van der Waals surface area contributed by atoms with E-state index in [1.54, 1.807) is 13.0 Å². The van der Waals surface area contributed by atoms with Crippen LogP contribution in [0, 0.1) is 0 Å². The topological polar surface area (TPSA) is 58.6 Å². The second kappa shape index (κ2) is 10.5. The second-order valence-corrected chi connectivity index (χ2v) is 8.72. The molecule has 0 saturated carbocycles. The highest BCUT2D eigenvalue weighted by atomic mass is 35.5. The first kappa shape index (κ1) is 23.7. The molecule has 0 aliphatic heterocycles. The van der Waals surface area contributed by atoms with Crippen molar-refractivity contribution in [1.82, 2.24) is 10.2 Å². The van der Waals surface area contributed by atoms with Crippen LogP contribution in [0.15, 0.2) is 48.5 Å². The lowest BCUT2D eigenvalue weighted by molar-refractivity contribution is -0.142. The third-order valence-electron chi connectivity index (χ3n) is 4.66. The Balaban J connectivity index is 2.16. The Morgan fingerprint density at radius 1 is 1.10 bits per heavy atom. The maximum atomic E-state index is 13.0. The van der Waals surface area contributed by atoms with Gasteiger partial charge in [-0.1, -0.05) is 48.9 Å². The van der Waals surface area contributed by atoms with Gasteiger partial charge in [0, 0.05) is 17.1 Å². The average molecular weight is 431 g/mol. The van der Waals surface area contributed by atoms with E-state index in [-0.39, 0.29) is 25.0 Å². The molecule has 0 aliphatic rings. The molecule has 1 N–H and O–H groups in total. The molecule has 0 spiro atoms. The van der Waals surface area contributed by atoms with Crippen LogP contribution < -0.4 is 10.1 Å². The molecule has 0 heterocycles. The largest absolute Gasteiger partial charge is 0.484 e. The number of carbonyl (C=O) groups is 2. The van der Waals surface area contributed by atoms with Crippen LogP contribution in [0.3, 0.4) is 0 Å². The van der Waals surface area contributed by atoms with Crippen LogP contribution in [0.25, 0.3) is 0 Å². The van der Waals surface area contributed by atoms with Crippen molar-refractivity contribution in [2.45, 2.75) is 59.2 Å². The first-order valence-electron chi connectivity index (χ1n) is 10.2. The number of benzene rings is 2. The number of rotatable bonds is 8. The highest BCUT2D eigenvalue weighted by Gasteiger charge is 2.29. The molecule has 1 unspecified atom stereocenters. The SMILES string of the molecule is CCc1ccc(OCC(=O)N(Cc2ccccc2Cl)C(C)C(=O)NC(C)(C)C)cc1. The predicted octanol–water partition coefficient (Wildman–Crippen LogP) is 4.61. The Hall–Kier alpha value is -2.53. The summed E-state index contributed by atoms with van der Waals surface area (Å²) in [5.41, 5.74) is 1.57. The molecule has 0 aliphatic carbocycles. The van der Waals surface area contributed by atoms with E-state index in [0.717, 1.165) is 12.0 Å². The number of ether oxygens (including phenoxy) is 1. The van der Waals surface area contributed by atoms with Crippen molar-refractivity contribution < 1.29 is 14.3 Å². The number of amides is 2. The minimum absolute atomic E-state index is 0.164. The Labute approximate surface area is 184 Å². The van der Waals surface area contributed by atoms with Gasteiger partial charge >= 0.3 is 0 Å². The quantitative estimate of drug-likeness (QED) is 0.665. The van der Waals surface area contributed by atoms with Crippen molar-refractivity contribution in [3.8, 4) is 5.75 Å². The van der Waals surface area contributed by atoms with Gasteiger partial charge in [0.25, 0.3) is 5.91 Å². The molecule has 2 aromatic carbocycles. The van der Waals surface area contributed by atoms with Crippen LogP contribution in [0.2, 0.25) is 5.02 Å². The van der Waals surface area contributed by atoms with Crippen LogP contribution in [0.4, 0.5) is 0 Å². The summed E-state index contributed by atoms with van der Waals surface area (Å²) in [6.07, 6.45) is 0.936. The monoisotopic (exact) mass is 430 g/mol. The summed E-state index contributed by atoms with van der Waals surface area (Å²) in [4.78, 5) is 27.3. The van der Waals surface area contributed by atoms with Crippen LogP contribution in [-0.4, -0.2) is 34.9 Å². The van der Waals surface area contributed by atoms with Gasteiger partial charge in [0.05, 0.1) is 0 Å². The van der Waals surface area contributed by atoms with E-state index in [9.17, 15) is 9.59 Å². The Bertz CT molecular complexity index is 859. The minimum atomic E-state index is -0.681. The molecule has 0 radical (unpaired) electrons. The van der Waals surface area contributed by atoms with E-state index >= 15 is 0 Å². The molecule has 6 heteroatoms. The molecule has 30 heavy (non-hydrogen) atoms. The van der Waals surface area contributed by atoms with Crippen LogP contribution in [-0.2, 0) is 22.6 Å². The third-order valence-corrected chi connectivity index (χ3v) is 5.03. The molecule has 0 aromatic heterocycles. The van der Waals surface area contributed by atoms with Crippen molar-refractivity contribution in [3.63, 3.8) is 0 Å². The standard InChI is InChI=1S/C24H31ClN2O3/c1-6-18-11-13-20(14-12-18)30-16-22(28)27(15-19-9-7-8-10-21(19)25)17(2)23(29)26-24(3,4)5/h7-14,17H,6,15-16H2,1-5H3,(H,26,29). The average Bonchev–Trinajstić information content (AvgIpc) is 2.70. The number of hydrogen-bond donors (Lipinski definition) is 1. The number of hydrogen-bond acceptors (Lipinski definition) is 3. The fourth-order valence-corrected chi connectivity index (χ4v) is 3.11. The van der Waals surface area contributed by atoms with E-state index in [0.29, 0.717) is 10.8 Å². The van der Waals surface area contributed by atoms with Gasteiger partial charge < -0.3 is 15.0 Å². The summed E-state index contributed by atoms with van der Waals surface area (Å²) in [5.74, 6) is 0.103. The highest BCUT2D eigenvalue weighted by Crippen LogP contribution is 2.19. The fraction of sp³-hybridized carbons (Fsp3) is 0.417. The predicted molar refractivity (Wildman–Crippen MR) is 121 cm³/mol. The molecule has 162 valence electrons. The maximum Gasteiger partial charge on any atom is 0.261 e. The fourth-order valence-electron chi connectivity index (χ4n) is 2.92. The third kappa shape index (κ3) is 7.06. The number of carbonyl (C=O) groups excluding carboxylic acids is 2. The lowest BCUT2D eigenvalue weighted by Gasteiger charge is -2.31. The van der Waals surface area contributed by atoms with Gasteiger partial charge in [-0.2, -0.15) is 0 Å². The Kier molecular flexibility index (Phi) is 8.30. The number of nitrogens with one attached hydrogen (secondary N) is 1. The smallest absolute Gasteiger partial charge is 0.261 e. The van der Waals surface area contributed by atoms with E-state index in [2.05, 4.69) is 12.2 Å². The number of halogens is 1. The Morgan fingerprint density at radius 2 is 1.73 bits per heavy atom. The second-order valence-electron chi connectivity index (χ2n) is 8.31. The summed E-state index contributed by atoms with van der Waals surface area (Å²) >= 11 is 6.30. The summed E-state index contributed by atoms with van der Waals surface area (Å²) < 4.78 is 5.69. The van der Waals surface area contributed by atoms with Gasteiger partial charge in [0.1, 0.15) is 11.8 Å². The number of aryl methyl sites for hydroxylation is 1. The number of nitrogens with zero attached hydrogens (tertiary/aromatic N) is 1. The van der Waals surface area contributed by atoms with Crippen molar-refractivity contribution in [2.75, 3.05) is 6.61 Å². The highest BCUT2D eigenvalue weighted by molar-refractivity contribution is 6.31. The lowest BCUT2D eigenvalue weighted by atomic mass is 10.1. The van der Waals surface area contributed by atoms with E-state index in [1.807, 2.05) is 63.2 Å². The first-order valence-corrected chi connectivity index (χ1v) is 10.5. The maximum absolute atomic E-state index is 13.0. The molecular formula is C24H31ClN2O3. The van der Waals surface area contributed by atoms with Gasteiger partial charge in [0.2, 0.25) is 5.91 Å². The Morgan fingerprint density at radius 3 is 2.30 bits per heavy atom. The molecule has 0 bridgehead atoms. The van der Waals surface area contributed by atoms with Crippen LogP contribution >= 0.6 is 11.6 Å². The molecule has 0 saturated heterocycles. The molecular weight excluding hydrogens is 400 g/mol. The van der Waals surface area contributed by atoms with Crippen LogP contribution in [0.1, 0.15) is 45.7 Å². The molecule has 0 fully saturated rings. The van der Waals surface area contributed by atoms with Crippen molar-refractivity contribution >= 4 is 23.4 Å². The van der Waals surface area contributed by atoms with Gasteiger partial charge in [-0.05, 0) is 63.4 Å².